The maximum atomic E-state index is 11.1. The Morgan fingerprint density at radius 1 is 0.867 bits per heavy atom. The molecule has 1 N–H and O–H groups in total. The smallest absolute Gasteiger partial charge is 0.221 e. The molecule has 0 aliphatic carbocycles. The van der Waals surface area contributed by atoms with Crippen LogP contribution in [0.1, 0.15) is 34.6 Å². The Labute approximate surface area is 181 Å². The number of amides is 1. The first kappa shape index (κ1) is 23.5. The second-order valence-corrected chi connectivity index (χ2v) is 7.54. The van der Waals surface area contributed by atoms with E-state index in [0.29, 0.717) is 0 Å². The van der Waals surface area contributed by atoms with Gasteiger partial charge in [-0.15, -0.1) is 0 Å². The lowest BCUT2D eigenvalue weighted by Crippen LogP contribution is -2.51. The van der Waals surface area contributed by atoms with Crippen LogP contribution in [0.5, 0.6) is 0 Å². The minimum Gasteiger partial charge on any atom is -0.366 e. The SMILES string of the molecule is CCN(CC[N+](CC)(CC)CC)c1ccc(N=Nc2ccc(NC(C)=O)cc2)cc1. The van der Waals surface area contributed by atoms with Gasteiger partial charge in [-0.3, -0.25) is 4.79 Å². The first-order valence-corrected chi connectivity index (χ1v) is 10.9. The number of nitrogens with zero attached hydrogens (tertiary/aromatic N) is 4. The predicted molar refractivity (Wildman–Crippen MR) is 126 cm³/mol. The monoisotopic (exact) mass is 410 g/mol. The molecular weight excluding hydrogens is 374 g/mol. The highest BCUT2D eigenvalue weighted by molar-refractivity contribution is 5.88. The third kappa shape index (κ3) is 6.66. The summed E-state index contributed by atoms with van der Waals surface area (Å²) in [4.78, 5) is 13.5. The van der Waals surface area contributed by atoms with E-state index in [-0.39, 0.29) is 5.91 Å². The Bertz CT molecular complexity index is 802. The lowest BCUT2D eigenvalue weighted by Gasteiger charge is -2.38. The zero-order chi connectivity index (χ0) is 22.0. The van der Waals surface area contributed by atoms with Gasteiger partial charge in [0.2, 0.25) is 5.91 Å². The maximum Gasteiger partial charge on any atom is 0.221 e. The summed E-state index contributed by atoms with van der Waals surface area (Å²) < 4.78 is 1.16. The average Bonchev–Trinajstić information content (AvgIpc) is 2.77. The molecule has 0 aliphatic heterocycles. The average molecular weight is 411 g/mol. The van der Waals surface area contributed by atoms with Crippen molar-refractivity contribution in [3.63, 3.8) is 0 Å². The number of benzene rings is 2. The quantitative estimate of drug-likeness (QED) is 0.378. The lowest BCUT2D eigenvalue weighted by atomic mass is 10.2. The summed E-state index contributed by atoms with van der Waals surface area (Å²) in [5, 5.41) is 11.4. The Morgan fingerprint density at radius 2 is 1.37 bits per heavy atom. The van der Waals surface area contributed by atoms with Crippen molar-refractivity contribution in [2.75, 3.05) is 49.5 Å². The van der Waals surface area contributed by atoms with Gasteiger partial charge in [0.05, 0.1) is 44.1 Å². The van der Waals surface area contributed by atoms with E-state index >= 15 is 0 Å². The number of anilines is 2. The van der Waals surface area contributed by atoms with E-state index in [1.54, 1.807) is 0 Å². The molecule has 6 heteroatoms. The molecule has 0 spiro atoms. The fraction of sp³-hybridized carbons (Fsp3) is 0.458. The number of azo groups is 1. The molecule has 0 unspecified atom stereocenters. The van der Waals surface area contributed by atoms with Gasteiger partial charge >= 0.3 is 0 Å². The largest absolute Gasteiger partial charge is 0.366 e. The van der Waals surface area contributed by atoms with Crippen LogP contribution in [-0.4, -0.2) is 49.7 Å². The minimum absolute atomic E-state index is 0.0886. The van der Waals surface area contributed by atoms with Crippen molar-refractivity contribution in [2.45, 2.75) is 34.6 Å². The first-order chi connectivity index (χ1) is 14.4. The molecule has 2 aromatic rings. The molecule has 0 aromatic heterocycles. The van der Waals surface area contributed by atoms with Gasteiger partial charge in [0, 0.05) is 24.8 Å². The van der Waals surface area contributed by atoms with Gasteiger partial charge in [-0.2, -0.15) is 10.2 Å². The lowest BCUT2D eigenvalue weighted by molar-refractivity contribution is -0.921. The van der Waals surface area contributed by atoms with Crippen molar-refractivity contribution in [3.8, 4) is 0 Å². The summed E-state index contributed by atoms with van der Waals surface area (Å²) in [6.45, 7) is 17.3. The molecule has 6 nitrogen and oxygen atoms in total. The topological polar surface area (TPSA) is 57.1 Å². The third-order valence-electron chi connectivity index (χ3n) is 5.92. The molecule has 0 saturated carbocycles. The van der Waals surface area contributed by atoms with Crippen LogP contribution in [0.15, 0.2) is 58.8 Å². The highest BCUT2D eigenvalue weighted by atomic mass is 16.1. The summed E-state index contributed by atoms with van der Waals surface area (Å²) in [6.07, 6.45) is 0. The Morgan fingerprint density at radius 3 is 1.80 bits per heavy atom. The molecular formula is C24H36N5O+. The number of hydrogen-bond donors (Lipinski definition) is 1. The summed E-state index contributed by atoms with van der Waals surface area (Å²) in [5.74, 6) is -0.0886. The maximum absolute atomic E-state index is 11.1. The van der Waals surface area contributed by atoms with Crippen molar-refractivity contribution >= 4 is 28.7 Å². The fourth-order valence-electron chi connectivity index (χ4n) is 3.61. The predicted octanol–water partition coefficient (Wildman–Crippen LogP) is 5.76. The number of likely N-dealkylation sites (N-methyl/N-ethyl adjacent to an activating group) is 2. The molecule has 30 heavy (non-hydrogen) atoms. The molecule has 0 radical (unpaired) electrons. The van der Waals surface area contributed by atoms with Gasteiger partial charge in [-0.05, 0) is 76.2 Å². The molecule has 2 aromatic carbocycles. The second kappa shape index (κ2) is 11.5. The van der Waals surface area contributed by atoms with Crippen molar-refractivity contribution in [1.29, 1.82) is 0 Å². The van der Waals surface area contributed by atoms with Crippen LogP contribution in [0.3, 0.4) is 0 Å². The van der Waals surface area contributed by atoms with E-state index in [2.05, 4.69) is 60.3 Å². The standard InChI is InChI=1S/C24H35N5O/c1-6-28(18-19-29(7-2,8-3)9-4)24-16-14-23(15-17-24)27-26-22-12-10-21(11-13-22)25-20(5)30/h10-17H,6-9,18-19H2,1-5H3/p+1. The van der Waals surface area contributed by atoms with Crippen molar-refractivity contribution in [2.24, 2.45) is 10.2 Å². The summed E-state index contributed by atoms with van der Waals surface area (Å²) >= 11 is 0. The molecule has 1 amide bonds. The molecule has 0 bridgehead atoms. The normalized spacial score (nSPS) is 11.6. The van der Waals surface area contributed by atoms with Crippen LogP contribution >= 0.6 is 0 Å². The van der Waals surface area contributed by atoms with Crippen LogP contribution in [0, 0.1) is 0 Å². The third-order valence-corrected chi connectivity index (χ3v) is 5.92. The van der Waals surface area contributed by atoms with Crippen LogP contribution in [0.2, 0.25) is 0 Å². The zero-order valence-corrected chi connectivity index (χ0v) is 19.1. The van der Waals surface area contributed by atoms with E-state index in [1.165, 1.54) is 32.2 Å². The summed E-state index contributed by atoms with van der Waals surface area (Å²) in [6, 6.07) is 15.6. The Hall–Kier alpha value is -2.73. The summed E-state index contributed by atoms with van der Waals surface area (Å²) in [5.41, 5.74) is 3.54. The number of nitrogens with one attached hydrogen (secondary N) is 1. The molecule has 0 heterocycles. The molecule has 0 saturated heterocycles. The van der Waals surface area contributed by atoms with Crippen LogP contribution < -0.4 is 10.2 Å². The zero-order valence-electron chi connectivity index (χ0n) is 19.1. The van der Waals surface area contributed by atoms with E-state index in [4.69, 9.17) is 0 Å². The van der Waals surface area contributed by atoms with Crippen molar-refractivity contribution in [1.82, 2.24) is 0 Å². The molecule has 2 rings (SSSR count). The van der Waals surface area contributed by atoms with Gasteiger partial charge in [0.25, 0.3) is 0 Å². The van der Waals surface area contributed by atoms with Gasteiger partial charge in [0.15, 0.2) is 0 Å². The van der Waals surface area contributed by atoms with Gasteiger partial charge < -0.3 is 14.7 Å². The number of quaternary nitrogens is 1. The van der Waals surface area contributed by atoms with Crippen LogP contribution in [-0.2, 0) is 4.79 Å². The number of carbonyl (C=O) groups excluding carboxylic acids is 1. The fourth-order valence-corrected chi connectivity index (χ4v) is 3.61. The minimum atomic E-state index is -0.0886. The molecule has 0 atom stereocenters. The van der Waals surface area contributed by atoms with E-state index in [1.807, 2.05) is 36.4 Å². The van der Waals surface area contributed by atoms with Crippen LogP contribution in [0.25, 0.3) is 0 Å². The molecule has 162 valence electrons. The van der Waals surface area contributed by atoms with Crippen LogP contribution in [0.4, 0.5) is 22.7 Å². The van der Waals surface area contributed by atoms with Crippen molar-refractivity contribution < 1.29 is 9.28 Å². The van der Waals surface area contributed by atoms with E-state index < -0.39 is 0 Å². The molecule has 0 aliphatic rings. The van der Waals surface area contributed by atoms with E-state index in [0.717, 1.165) is 41.2 Å². The number of carbonyl (C=O) groups is 1. The van der Waals surface area contributed by atoms with Crippen molar-refractivity contribution in [3.05, 3.63) is 48.5 Å². The molecule has 0 fully saturated rings. The van der Waals surface area contributed by atoms with Gasteiger partial charge in [0.1, 0.15) is 0 Å². The Balaban J connectivity index is 2.00. The first-order valence-electron chi connectivity index (χ1n) is 10.9. The van der Waals surface area contributed by atoms with E-state index in [9.17, 15) is 4.79 Å². The second-order valence-electron chi connectivity index (χ2n) is 7.54. The highest BCUT2D eigenvalue weighted by Gasteiger charge is 2.21. The summed E-state index contributed by atoms with van der Waals surface area (Å²) in [7, 11) is 0. The van der Waals surface area contributed by atoms with Gasteiger partial charge in [-0.25, -0.2) is 0 Å². The number of hydrogen-bond acceptors (Lipinski definition) is 4. The number of rotatable bonds is 11. The highest BCUT2D eigenvalue weighted by Crippen LogP contribution is 2.23. The van der Waals surface area contributed by atoms with Gasteiger partial charge in [-0.1, -0.05) is 0 Å². The Kier molecular flexibility index (Phi) is 8.99.